The molecular formula is C45H57N5O9S. The number of nitrogens with one attached hydrogen (secondary N) is 3. The van der Waals surface area contributed by atoms with E-state index < -0.39 is 79.2 Å². The Bertz CT molecular complexity index is 2310. The first-order valence-electron chi connectivity index (χ1n) is 20.2. The average Bonchev–Trinajstić information content (AvgIpc) is 4.06. The molecule has 322 valence electrons. The summed E-state index contributed by atoms with van der Waals surface area (Å²) in [5.74, 6) is -1.65. The number of alkyl carbamates (subject to hydrolysis) is 1. The highest BCUT2D eigenvalue weighted by Crippen LogP contribution is 2.49. The minimum atomic E-state index is -4.13. The summed E-state index contributed by atoms with van der Waals surface area (Å²) in [6, 6.07) is 14.4. The van der Waals surface area contributed by atoms with Crippen molar-refractivity contribution in [1.82, 2.24) is 25.2 Å². The number of hydrogen-bond acceptors (Lipinski definition) is 10. The molecule has 5 atom stereocenters. The number of fused-ring (bicyclic) bond motifs is 1. The standard InChI is InChI=1S/C45H57N5O9S/c1-11-29-25-45(29,40(53)49-60(55,56)44(19-20-44)24-27(2)3)48-38(51)35-22-31(26-50(35)39(52)37(42(4,5)6)47-41(54)59-43(7,8)9)58-36-23-33(28-15-13-12-14-16-28)46-34-21-30(57-10)17-18-32(34)36/h11-18,21,23,29,31,35,37H,1-2,19-20,22,24-26H2,3-10H3,(H,47,54)(H,48,51)(H,49,53)/t29?,31?,35-,37+,45+/m0/s1. The zero-order valence-corrected chi connectivity index (χ0v) is 36.5. The topological polar surface area (TPSA) is 182 Å². The summed E-state index contributed by atoms with van der Waals surface area (Å²) in [6.45, 7) is 19.9. The molecule has 3 fully saturated rings. The molecule has 0 bridgehead atoms. The molecule has 1 aliphatic heterocycles. The number of benzene rings is 2. The van der Waals surface area contributed by atoms with E-state index in [1.54, 1.807) is 67.7 Å². The van der Waals surface area contributed by atoms with Gasteiger partial charge in [-0.15, -0.1) is 13.2 Å². The molecule has 60 heavy (non-hydrogen) atoms. The number of hydrogen-bond donors (Lipinski definition) is 3. The molecular weight excluding hydrogens is 787 g/mol. The van der Waals surface area contributed by atoms with Gasteiger partial charge in [-0.25, -0.2) is 18.2 Å². The lowest BCUT2D eigenvalue weighted by molar-refractivity contribution is -0.143. The normalized spacial score (nSPS) is 22.5. The van der Waals surface area contributed by atoms with E-state index in [-0.39, 0.29) is 25.8 Å². The third kappa shape index (κ3) is 9.30. The second kappa shape index (κ2) is 16.2. The summed E-state index contributed by atoms with van der Waals surface area (Å²) < 4.78 is 46.0. The van der Waals surface area contributed by atoms with E-state index in [0.717, 1.165) is 5.56 Å². The molecule has 6 rings (SSSR count). The molecule has 2 aliphatic carbocycles. The van der Waals surface area contributed by atoms with Crippen molar-refractivity contribution < 1.29 is 41.8 Å². The van der Waals surface area contributed by atoms with Crippen LogP contribution in [0.5, 0.6) is 11.5 Å². The molecule has 2 saturated carbocycles. The quantitative estimate of drug-likeness (QED) is 0.158. The lowest BCUT2D eigenvalue weighted by Crippen LogP contribution is -2.60. The number of pyridine rings is 1. The van der Waals surface area contributed by atoms with Crippen LogP contribution in [0.25, 0.3) is 22.2 Å². The Labute approximate surface area is 352 Å². The molecule has 3 aliphatic rings. The van der Waals surface area contributed by atoms with Gasteiger partial charge in [0.2, 0.25) is 21.8 Å². The van der Waals surface area contributed by atoms with E-state index >= 15 is 0 Å². The Morgan fingerprint density at radius 3 is 2.28 bits per heavy atom. The highest BCUT2D eigenvalue weighted by atomic mass is 32.2. The molecule has 3 N–H and O–H groups in total. The Kier molecular flexibility index (Phi) is 11.9. The lowest BCUT2D eigenvalue weighted by atomic mass is 9.85. The number of methoxy groups -OCH3 is 1. The van der Waals surface area contributed by atoms with Crippen LogP contribution in [-0.4, -0.2) is 89.8 Å². The van der Waals surface area contributed by atoms with Gasteiger partial charge in [0.05, 0.1) is 29.6 Å². The molecule has 0 spiro atoms. The second-order valence-corrected chi connectivity index (χ2v) is 20.5. The van der Waals surface area contributed by atoms with Crippen LogP contribution in [-0.2, 0) is 29.1 Å². The highest BCUT2D eigenvalue weighted by molar-refractivity contribution is 7.91. The molecule has 14 nitrogen and oxygen atoms in total. The maximum absolute atomic E-state index is 14.8. The smallest absolute Gasteiger partial charge is 0.408 e. The third-order valence-electron chi connectivity index (χ3n) is 11.2. The van der Waals surface area contributed by atoms with Crippen molar-refractivity contribution in [3.8, 4) is 22.8 Å². The van der Waals surface area contributed by atoms with Crippen molar-refractivity contribution in [2.75, 3.05) is 13.7 Å². The lowest BCUT2D eigenvalue weighted by Gasteiger charge is -2.36. The maximum Gasteiger partial charge on any atom is 0.408 e. The second-order valence-electron chi connectivity index (χ2n) is 18.4. The Morgan fingerprint density at radius 2 is 1.72 bits per heavy atom. The number of carbonyl (C=O) groups excluding carboxylic acids is 4. The summed E-state index contributed by atoms with van der Waals surface area (Å²) in [4.78, 5) is 62.8. The maximum atomic E-state index is 14.8. The zero-order valence-electron chi connectivity index (χ0n) is 35.7. The molecule has 0 radical (unpaired) electrons. The van der Waals surface area contributed by atoms with Gasteiger partial charge >= 0.3 is 6.09 Å². The first-order chi connectivity index (χ1) is 28.0. The number of likely N-dealkylation sites (tertiary alicyclic amines) is 1. The summed E-state index contributed by atoms with van der Waals surface area (Å²) in [5, 5.41) is 6.25. The summed E-state index contributed by atoms with van der Waals surface area (Å²) in [7, 11) is -2.57. The van der Waals surface area contributed by atoms with Crippen LogP contribution >= 0.6 is 0 Å². The average molecular weight is 844 g/mol. The van der Waals surface area contributed by atoms with Crippen LogP contribution in [0.2, 0.25) is 0 Å². The van der Waals surface area contributed by atoms with E-state index in [2.05, 4.69) is 28.5 Å². The SMILES string of the molecule is C=CC1C[C@]1(NC(=O)[C@@H]1CC(Oc2cc(-c3ccccc3)nc3cc(OC)ccc23)CN1C(=O)[C@@H](NC(=O)OC(C)(C)C)C(C)(C)C)C(=O)NS(=O)(=O)C1(CC(=C)C)CC1. The fourth-order valence-electron chi connectivity index (χ4n) is 7.84. The van der Waals surface area contributed by atoms with Crippen LogP contribution in [0.15, 0.2) is 79.4 Å². The van der Waals surface area contributed by atoms with Gasteiger partial charge in [-0.2, -0.15) is 0 Å². The van der Waals surface area contributed by atoms with Gasteiger partial charge in [0.1, 0.15) is 40.8 Å². The number of carbonyl (C=O) groups is 4. The zero-order chi connectivity index (χ0) is 44.0. The molecule has 4 amide bonds. The molecule has 2 aromatic carbocycles. The molecule has 2 unspecified atom stereocenters. The number of nitrogens with zero attached hydrogens (tertiary/aromatic N) is 2. The van der Waals surface area contributed by atoms with Gasteiger partial charge in [0.15, 0.2) is 0 Å². The van der Waals surface area contributed by atoms with Crippen LogP contribution in [0.3, 0.4) is 0 Å². The fraction of sp³-hybridized carbons (Fsp3) is 0.489. The predicted molar refractivity (Wildman–Crippen MR) is 229 cm³/mol. The number of allylic oxidation sites excluding steroid dienone is 1. The number of ether oxygens (including phenoxy) is 3. The van der Waals surface area contributed by atoms with Gasteiger partial charge in [0.25, 0.3) is 5.91 Å². The number of rotatable bonds is 14. The number of amides is 4. The van der Waals surface area contributed by atoms with Gasteiger partial charge in [-0.1, -0.05) is 62.8 Å². The highest BCUT2D eigenvalue weighted by Gasteiger charge is 2.63. The molecule has 1 aromatic heterocycles. The summed E-state index contributed by atoms with van der Waals surface area (Å²) in [6.07, 6.45) is 1.03. The van der Waals surface area contributed by atoms with Crippen LogP contribution in [0.4, 0.5) is 4.79 Å². The van der Waals surface area contributed by atoms with Crippen molar-refractivity contribution in [2.24, 2.45) is 11.3 Å². The minimum Gasteiger partial charge on any atom is -0.497 e. The van der Waals surface area contributed by atoms with Crippen molar-refractivity contribution in [1.29, 1.82) is 0 Å². The van der Waals surface area contributed by atoms with Crippen LogP contribution in [0, 0.1) is 11.3 Å². The Balaban J connectivity index is 1.34. The van der Waals surface area contributed by atoms with Gasteiger partial charge in [-0.3, -0.25) is 19.1 Å². The van der Waals surface area contributed by atoms with Crippen LogP contribution < -0.4 is 24.8 Å². The third-order valence-corrected chi connectivity index (χ3v) is 13.4. The van der Waals surface area contributed by atoms with E-state index in [4.69, 9.17) is 19.2 Å². The largest absolute Gasteiger partial charge is 0.497 e. The van der Waals surface area contributed by atoms with E-state index in [0.29, 0.717) is 46.5 Å². The van der Waals surface area contributed by atoms with Gasteiger partial charge in [-0.05, 0) is 70.9 Å². The number of sulfonamides is 1. The van der Waals surface area contributed by atoms with Gasteiger partial charge < -0.3 is 29.7 Å². The number of aromatic nitrogens is 1. The van der Waals surface area contributed by atoms with Crippen LogP contribution in [0.1, 0.15) is 80.6 Å². The summed E-state index contributed by atoms with van der Waals surface area (Å²) >= 11 is 0. The first kappa shape index (κ1) is 44.1. The summed E-state index contributed by atoms with van der Waals surface area (Å²) in [5.41, 5.74) is -0.570. The predicted octanol–water partition coefficient (Wildman–Crippen LogP) is 6.20. The Hall–Kier alpha value is -5.44. The van der Waals surface area contributed by atoms with Crippen molar-refractivity contribution >= 4 is 44.7 Å². The van der Waals surface area contributed by atoms with Crippen molar-refractivity contribution in [3.63, 3.8) is 0 Å². The monoisotopic (exact) mass is 843 g/mol. The minimum absolute atomic E-state index is 0.00199. The first-order valence-corrected chi connectivity index (χ1v) is 21.7. The van der Waals surface area contributed by atoms with E-state index in [1.807, 2.05) is 42.5 Å². The van der Waals surface area contributed by atoms with Crippen molar-refractivity contribution in [3.05, 3.63) is 79.4 Å². The molecule has 3 aromatic rings. The van der Waals surface area contributed by atoms with E-state index in [1.165, 1.54) is 11.0 Å². The Morgan fingerprint density at radius 1 is 1.03 bits per heavy atom. The fourth-order valence-corrected chi connectivity index (χ4v) is 9.56. The molecule has 2 heterocycles. The van der Waals surface area contributed by atoms with Crippen molar-refractivity contribution in [2.45, 2.75) is 115 Å². The molecule has 1 saturated heterocycles. The molecule has 15 heteroatoms. The van der Waals surface area contributed by atoms with E-state index in [9.17, 15) is 27.6 Å². The van der Waals surface area contributed by atoms with Gasteiger partial charge in [0, 0.05) is 35.4 Å².